The monoisotopic (exact) mass is 1060 g/mol. The van der Waals surface area contributed by atoms with Crippen LogP contribution in [0.1, 0.15) is 50.3 Å². The lowest BCUT2D eigenvalue weighted by molar-refractivity contribution is -0.331. The van der Waals surface area contributed by atoms with Crippen molar-refractivity contribution < 1.29 is 118 Å². The van der Waals surface area contributed by atoms with Gasteiger partial charge in [-0.1, -0.05) is 74.9 Å². The van der Waals surface area contributed by atoms with Crippen LogP contribution in [0.25, 0.3) is 6.08 Å². The van der Waals surface area contributed by atoms with E-state index in [2.05, 4.69) is 0 Å². The second-order valence-corrected chi connectivity index (χ2v) is 18.1. The molecular formula is C51H64O24. The van der Waals surface area contributed by atoms with Crippen molar-refractivity contribution in [2.24, 2.45) is 5.92 Å². The van der Waals surface area contributed by atoms with E-state index in [9.17, 15) is 70.2 Å². The fraction of sp³-hybridized carbons (Fsp3) is 0.529. The van der Waals surface area contributed by atoms with Gasteiger partial charge < -0.3 is 98.4 Å². The van der Waals surface area contributed by atoms with Crippen LogP contribution in [0.3, 0.4) is 0 Å². The molecule has 24 heteroatoms. The molecule has 0 unspecified atom stereocenters. The highest BCUT2D eigenvalue weighted by molar-refractivity contribution is 5.87. The Morgan fingerprint density at radius 3 is 1.60 bits per heavy atom. The molecule has 0 aromatic heterocycles. The molecule has 6 rings (SSSR count). The van der Waals surface area contributed by atoms with E-state index in [0.717, 1.165) is 13.0 Å². The van der Waals surface area contributed by atoms with Gasteiger partial charge in [-0.15, -0.1) is 0 Å². The van der Waals surface area contributed by atoms with Crippen LogP contribution in [-0.4, -0.2) is 192 Å². The van der Waals surface area contributed by atoms with Crippen LogP contribution in [0.15, 0.2) is 84.9 Å². The summed E-state index contributed by atoms with van der Waals surface area (Å²) in [5.41, 5.74) is -0.994. The number of carbonyl (C=O) groups excluding carboxylic acids is 4. The number of ether oxygens (including phenoxy) is 10. The molecule has 0 radical (unpaired) electrons. The van der Waals surface area contributed by atoms with Gasteiger partial charge in [0.2, 0.25) is 12.6 Å². The quantitative estimate of drug-likeness (QED) is 0.0316. The SMILES string of the molecule is CC[C@@H](C)[C@](CC(=O)OCc1ccc(O[C@@H]2O[C@H](CO)[C@@H](O)[C@H](O)[C@H]2O)cc1)(O[C@@H]1O[C@H](COC(C)=O)[C@@H](OC(=O)/C=C/c2ccccc2)[C@H](O)[C@H]1O)C(=O)OCc1ccc(O[C@@H]2O[C@H](CO)[C@@H](O)[C@H](O)[C@H]2O)cc1. The third-order valence-electron chi connectivity index (χ3n) is 12.9. The van der Waals surface area contributed by atoms with Crippen molar-refractivity contribution in [2.45, 2.75) is 145 Å². The Labute approximate surface area is 430 Å². The molecule has 3 fully saturated rings. The summed E-state index contributed by atoms with van der Waals surface area (Å²) in [7, 11) is 0. The van der Waals surface area contributed by atoms with E-state index in [0.29, 0.717) is 16.7 Å². The van der Waals surface area contributed by atoms with Crippen LogP contribution in [0.4, 0.5) is 0 Å². The zero-order valence-electron chi connectivity index (χ0n) is 41.0. The molecule has 75 heavy (non-hydrogen) atoms. The van der Waals surface area contributed by atoms with Gasteiger partial charge in [0, 0.05) is 13.0 Å². The van der Waals surface area contributed by atoms with Crippen molar-refractivity contribution in [3.63, 3.8) is 0 Å². The first-order valence-electron chi connectivity index (χ1n) is 24.0. The summed E-state index contributed by atoms with van der Waals surface area (Å²) >= 11 is 0. The van der Waals surface area contributed by atoms with E-state index in [1.54, 1.807) is 44.2 Å². The first kappa shape index (κ1) is 58.6. The van der Waals surface area contributed by atoms with Gasteiger partial charge in [-0.25, -0.2) is 9.59 Å². The third kappa shape index (κ3) is 14.8. The van der Waals surface area contributed by atoms with Gasteiger partial charge in [0.05, 0.1) is 19.6 Å². The highest BCUT2D eigenvalue weighted by Crippen LogP contribution is 2.37. The van der Waals surface area contributed by atoms with Crippen molar-refractivity contribution in [1.29, 1.82) is 0 Å². The summed E-state index contributed by atoms with van der Waals surface area (Å²) in [6, 6.07) is 20.3. The standard InChI is InChI=1S/C51H64O24/c1-4-26(2)51(50(65)68-24-30-12-17-32(18-13-30)70-48-44(63)41(60)39(58)34(22-53)72-48,20-37(56)67-23-29-10-15-31(16-11-29)69-47-43(62)40(59)38(57)33(21-52)71-47)75-49-45(64)42(61)46(35(73-49)25-66-27(3)54)74-36(55)19-14-28-8-6-5-7-9-28/h5-19,26,33-35,38-49,52-53,57-64H,4,20-25H2,1-3H3/b19-14+/t26-,33-,34-,35-,38-,39-,40+,41+,42-,43-,44-,45-,46-,47-,48-,49+,51+/m1/s1. The van der Waals surface area contributed by atoms with E-state index in [1.165, 1.54) is 54.6 Å². The van der Waals surface area contributed by atoms with Gasteiger partial charge in [0.25, 0.3) is 0 Å². The number of hydrogen-bond donors (Lipinski definition) is 10. The van der Waals surface area contributed by atoms with Crippen molar-refractivity contribution in [2.75, 3.05) is 19.8 Å². The Balaban J connectivity index is 1.21. The minimum absolute atomic E-state index is 0.104. The van der Waals surface area contributed by atoms with Crippen LogP contribution in [0, 0.1) is 5.92 Å². The average molecular weight is 1060 g/mol. The Kier molecular flexibility index (Phi) is 21.0. The highest BCUT2D eigenvalue weighted by Gasteiger charge is 2.55. The Morgan fingerprint density at radius 1 is 0.613 bits per heavy atom. The van der Waals surface area contributed by atoms with E-state index in [-0.39, 0.29) is 24.5 Å². The smallest absolute Gasteiger partial charge is 0.339 e. The summed E-state index contributed by atoms with van der Waals surface area (Å²) in [4.78, 5) is 53.7. The summed E-state index contributed by atoms with van der Waals surface area (Å²) in [5, 5.41) is 104. The Morgan fingerprint density at radius 2 is 1.11 bits per heavy atom. The number of aliphatic hydroxyl groups is 10. The molecule has 3 aliphatic rings. The van der Waals surface area contributed by atoms with Crippen LogP contribution in [-0.2, 0) is 70.3 Å². The van der Waals surface area contributed by atoms with Crippen molar-refractivity contribution in [3.05, 3.63) is 102 Å². The van der Waals surface area contributed by atoms with Gasteiger partial charge in [0.1, 0.15) is 98.5 Å². The van der Waals surface area contributed by atoms with Crippen LogP contribution in [0.5, 0.6) is 11.5 Å². The van der Waals surface area contributed by atoms with Gasteiger partial charge in [-0.2, -0.15) is 0 Å². The first-order valence-corrected chi connectivity index (χ1v) is 24.0. The normalized spacial score (nSPS) is 31.1. The number of hydrogen-bond acceptors (Lipinski definition) is 24. The number of esters is 4. The molecule has 17 atom stereocenters. The Bertz CT molecular complexity index is 2330. The average Bonchev–Trinajstić information content (AvgIpc) is 3.41. The fourth-order valence-corrected chi connectivity index (χ4v) is 8.20. The first-order chi connectivity index (χ1) is 35.8. The van der Waals surface area contributed by atoms with Crippen molar-refractivity contribution in [3.8, 4) is 11.5 Å². The number of aliphatic hydroxyl groups excluding tert-OH is 10. The van der Waals surface area contributed by atoms with Gasteiger partial charge in [0.15, 0.2) is 18.0 Å². The molecule has 0 saturated carbocycles. The molecule has 412 valence electrons. The minimum Gasteiger partial charge on any atom is -0.463 e. The lowest BCUT2D eigenvalue weighted by atomic mass is 9.83. The maximum atomic E-state index is 14.7. The number of rotatable bonds is 22. The fourth-order valence-electron chi connectivity index (χ4n) is 8.20. The second-order valence-electron chi connectivity index (χ2n) is 18.1. The molecule has 3 heterocycles. The largest absolute Gasteiger partial charge is 0.463 e. The summed E-state index contributed by atoms with van der Waals surface area (Å²) in [6.45, 7) is 1.46. The zero-order valence-corrected chi connectivity index (χ0v) is 41.0. The molecule has 3 aromatic rings. The van der Waals surface area contributed by atoms with Crippen LogP contribution in [0.2, 0.25) is 0 Å². The molecule has 0 aliphatic carbocycles. The Hall–Kier alpha value is -5.68. The van der Waals surface area contributed by atoms with E-state index in [1.807, 2.05) is 0 Å². The van der Waals surface area contributed by atoms with Gasteiger partial charge >= 0.3 is 23.9 Å². The molecular weight excluding hydrogens is 997 g/mol. The topological polar surface area (TPSA) is 363 Å². The number of benzene rings is 3. The zero-order chi connectivity index (χ0) is 54.6. The lowest BCUT2D eigenvalue weighted by Gasteiger charge is -2.45. The molecule has 0 spiro atoms. The third-order valence-corrected chi connectivity index (χ3v) is 12.9. The molecule has 10 N–H and O–H groups in total. The van der Waals surface area contributed by atoms with Gasteiger partial charge in [-0.3, -0.25) is 9.59 Å². The molecule has 3 aliphatic heterocycles. The van der Waals surface area contributed by atoms with Crippen molar-refractivity contribution in [1.82, 2.24) is 0 Å². The molecule has 0 amide bonds. The van der Waals surface area contributed by atoms with Gasteiger partial charge in [-0.05, 0) is 52.9 Å². The second kappa shape index (κ2) is 26.9. The minimum atomic E-state index is -2.37. The molecule has 24 nitrogen and oxygen atoms in total. The summed E-state index contributed by atoms with van der Waals surface area (Å²) < 4.78 is 56.6. The predicted molar refractivity (Wildman–Crippen MR) is 252 cm³/mol. The van der Waals surface area contributed by atoms with Crippen molar-refractivity contribution >= 4 is 30.0 Å². The lowest BCUT2D eigenvalue weighted by Crippen LogP contribution is -2.64. The molecule has 3 aromatic carbocycles. The van der Waals surface area contributed by atoms with Crippen LogP contribution >= 0.6 is 0 Å². The van der Waals surface area contributed by atoms with E-state index in [4.69, 9.17) is 47.4 Å². The summed E-state index contributed by atoms with van der Waals surface area (Å²) in [6.07, 6.45) is -22.8. The van der Waals surface area contributed by atoms with E-state index >= 15 is 0 Å². The predicted octanol–water partition coefficient (Wildman–Crippen LogP) is -1.34. The maximum absolute atomic E-state index is 14.7. The highest BCUT2D eigenvalue weighted by atomic mass is 16.7. The van der Waals surface area contributed by atoms with Crippen LogP contribution < -0.4 is 9.47 Å². The maximum Gasteiger partial charge on any atom is 0.339 e. The molecule has 3 saturated heterocycles. The van der Waals surface area contributed by atoms with E-state index < -0.39 is 160 Å². The summed E-state index contributed by atoms with van der Waals surface area (Å²) in [5.74, 6) is -4.66. The number of carbonyl (C=O) groups is 4. The molecule has 0 bridgehead atoms.